The van der Waals surface area contributed by atoms with Gasteiger partial charge in [-0.1, -0.05) is 67.0 Å². The van der Waals surface area contributed by atoms with E-state index >= 15 is 0 Å². The van der Waals surface area contributed by atoms with Crippen molar-refractivity contribution in [1.82, 2.24) is 4.98 Å². The summed E-state index contributed by atoms with van der Waals surface area (Å²) in [7, 11) is 0. The summed E-state index contributed by atoms with van der Waals surface area (Å²) in [6, 6.07) is 8.63. The average molecular weight is 839 g/mol. The van der Waals surface area contributed by atoms with E-state index in [0.717, 1.165) is 36.5 Å². The van der Waals surface area contributed by atoms with Crippen LogP contribution < -0.4 is 0 Å². The third-order valence-corrected chi connectivity index (χ3v) is 9.95. The first-order valence-electron chi connectivity index (χ1n) is 16.5. The van der Waals surface area contributed by atoms with Crippen molar-refractivity contribution >= 4 is 27.7 Å². The molecule has 0 unspecified atom stereocenters. The van der Waals surface area contributed by atoms with Crippen molar-refractivity contribution in [2.24, 2.45) is 11.8 Å². The number of aliphatic hydroxyl groups is 2. The Morgan fingerprint density at radius 1 is 0.833 bits per heavy atom. The molecule has 0 atom stereocenters. The predicted octanol–water partition coefficient (Wildman–Crippen LogP) is 9.37. The topological polar surface area (TPSA) is 164 Å². The number of phenolic OH excluding ortho intramolecular Hbond substituents is 4. The Kier molecular flexibility index (Phi) is 11.9. The van der Waals surface area contributed by atoms with Gasteiger partial charge >= 0.3 is 0 Å². The average Bonchev–Trinajstić information content (AvgIpc) is 3.42. The van der Waals surface area contributed by atoms with Crippen LogP contribution in [-0.2, 0) is 35.7 Å². The Balaban J connectivity index is 0.000000316. The Hall–Kier alpha value is -3.75. The van der Waals surface area contributed by atoms with Gasteiger partial charge in [0, 0.05) is 54.6 Å². The molecule has 5 rings (SSSR count). The number of allylic oxidation sites excluding steroid dienone is 2. The maximum absolute atomic E-state index is 11.8. The molecular formula is C38H48IrNO8-. The fourth-order valence-electron chi connectivity index (χ4n) is 6.54. The summed E-state index contributed by atoms with van der Waals surface area (Å²) in [6.07, 6.45) is 6.59. The van der Waals surface area contributed by atoms with Gasteiger partial charge in [0.15, 0.2) is 5.76 Å². The van der Waals surface area contributed by atoms with Gasteiger partial charge in [0.25, 0.3) is 0 Å². The summed E-state index contributed by atoms with van der Waals surface area (Å²) in [4.78, 5) is 16.1. The second kappa shape index (κ2) is 14.8. The normalized spacial score (nSPS) is 15.5. The number of ketones is 1. The molecule has 1 aliphatic carbocycles. The zero-order valence-corrected chi connectivity index (χ0v) is 31.4. The summed E-state index contributed by atoms with van der Waals surface area (Å²) < 4.78 is 6.21. The molecule has 2 aromatic carbocycles. The molecule has 0 bridgehead atoms. The summed E-state index contributed by atoms with van der Waals surface area (Å²) in [5, 5.41) is 61.2. The van der Waals surface area contributed by atoms with E-state index in [-0.39, 0.29) is 65.6 Å². The van der Waals surface area contributed by atoms with Crippen molar-refractivity contribution in [3.63, 3.8) is 0 Å². The van der Waals surface area contributed by atoms with Gasteiger partial charge in [0.2, 0.25) is 5.78 Å². The van der Waals surface area contributed by atoms with Gasteiger partial charge in [-0.25, -0.2) is 0 Å². The van der Waals surface area contributed by atoms with Crippen LogP contribution in [0.1, 0.15) is 105 Å². The predicted molar refractivity (Wildman–Crippen MR) is 183 cm³/mol. The third-order valence-electron chi connectivity index (χ3n) is 9.95. The van der Waals surface area contributed by atoms with Crippen molar-refractivity contribution in [3.8, 4) is 34.3 Å². The van der Waals surface area contributed by atoms with Crippen LogP contribution in [0.15, 0.2) is 40.3 Å². The van der Waals surface area contributed by atoms with Gasteiger partial charge in [-0.2, -0.15) is 0 Å². The largest absolute Gasteiger partial charge is 0.548 e. The number of phenols is 4. The van der Waals surface area contributed by atoms with E-state index in [4.69, 9.17) is 4.42 Å². The zero-order valence-electron chi connectivity index (χ0n) is 29.0. The molecule has 2 aromatic heterocycles. The van der Waals surface area contributed by atoms with Crippen LogP contribution in [-0.4, -0.2) is 41.4 Å². The van der Waals surface area contributed by atoms with Crippen LogP contribution in [0.25, 0.3) is 33.2 Å². The SMILES string of the molecule is CC1(C)CCC(C)(C)c2cc3c(cc21)oc1c(-c2[c-]c(O)c(O)c(O)c2O)nccc13.CCC(CC)C(=O)/C(O)=C(\O)C(CC)CC.[Ir]. The van der Waals surface area contributed by atoms with Crippen LogP contribution in [0, 0.1) is 17.9 Å². The van der Waals surface area contributed by atoms with Crippen LogP contribution in [0.5, 0.6) is 23.0 Å². The van der Waals surface area contributed by atoms with E-state index in [2.05, 4.69) is 50.9 Å². The summed E-state index contributed by atoms with van der Waals surface area (Å²) in [5.74, 6) is -4.17. The number of carbonyl (C=O) groups excluding carboxylic acids is 1. The minimum atomic E-state index is -0.838. The number of hydrogen-bond acceptors (Lipinski definition) is 9. The van der Waals surface area contributed by atoms with Gasteiger partial charge in [-0.3, -0.25) is 4.79 Å². The molecule has 1 radical (unpaired) electrons. The van der Waals surface area contributed by atoms with Crippen molar-refractivity contribution in [2.45, 2.75) is 105 Å². The van der Waals surface area contributed by atoms with Crippen molar-refractivity contribution in [1.29, 1.82) is 0 Å². The molecule has 0 fully saturated rings. The number of hydrogen-bond donors (Lipinski definition) is 6. The third kappa shape index (κ3) is 7.01. The molecule has 6 N–H and O–H groups in total. The number of fused-ring (bicyclic) bond motifs is 4. The number of aromatic hydroxyl groups is 4. The van der Waals surface area contributed by atoms with Gasteiger partial charge < -0.3 is 40.0 Å². The van der Waals surface area contributed by atoms with Crippen molar-refractivity contribution < 1.29 is 60.0 Å². The summed E-state index contributed by atoms with van der Waals surface area (Å²) >= 11 is 0. The van der Waals surface area contributed by atoms with E-state index < -0.39 is 28.8 Å². The molecule has 2 heterocycles. The second-order valence-electron chi connectivity index (χ2n) is 13.8. The molecule has 0 saturated carbocycles. The first-order valence-corrected chi connectivity index (χ1v) is 16.5. The van der Waals surface area contributed by atoms with Gasteiger partial charge in [-0.15, -0.1) is 0 Å². The fraction of sp³-hybridized carbons (Fsp3) is 0.474. The Morgan fingerprint density at radius 3 is 1.92 bits per heavy atom. The molecule has 4 aromatic rings. The minimum absolute atomic E-state index is 0. The first kappa shape index (κ1) is 38.7. The van der Waals surface area contributed by atoms with Gasteiger partial charge in [-0.05, 0) is 78.7 Å². The van der Waals surface area contributed by atoms with Crippen molar-refractivity contribution in [2.75, 3.05) is 0 Å². The van der Waals surface area contributed by atoms with Crippen LogP contribution in [0.4, 0.5) is 0 Å². The number of nitrogens with zero attached hydrogens (tertiary/aromatic N) is 1. The van der Waals surface area contributed by atoms with Gasteiger partial charge in [0.1, 0.15) is 28.4 Å². The summed E-state index contributed by atoms with van der Waals surface area (Å²) in [6.45, 7) is 16.7. The molecule has 1 aliphatic rings. The van der Waals surface area contributed by atoms with Crippen LogP contribution in [0.2, 0.25) is 0 Å². The first-order chi connectivity index (χ1) is 22.0. The number of pyridine rings is 1. The number of carbonyl (C=O) groups is 1. The van der Waals surface area contributed by atoms with Gasteiger partial charge in [0.05, 0.1) is 11.5 Å². The van der Waals surface area contributed by atoms with E-state index in [1.54, 1.807) is 6.20 Å². The summed E-state index contributed by atoms with van der Waals surface area (Å²) in [5.41, 5.74) is 3.91. The number of Topliss-reactive ketones (excluding diaryl/α,β-unsaturated/α-hetero) is 1. The van der Waals surface area contributed by atoms with Crippen molar-refractivity contribution in [3.05, 3.63) is 53.1 Å². The monoisotopic (exact) mass is 839 g/mol. The smallest absolute Gasteiger partial charge is 0.203 e. The molecule has 263 valence electrons. The molecule has 0 amide bonds. The Morgan fingerprint density at radius 2 is 1.38 bits per heavy atom. The van der Waals surface area contributed by atoms with E-state index in [1.165, 1.54) is 11.1 Å². The molecule has 9 nitrogen and oxygen atoms in total. The number of rotatable bonds is 8. The van der Waals surface area contributed by atoms with Crippen LogP contribution >= 0.6 is 0 Å². The maximum Gasteiger partial charge on any atom is 0.203 e. The Labute approximate surface area is 295 Å². The van der Waals surface area contributed by atoms with E-state index in [9.17, 15) is 35.4 Å². The number of benzene rings is 2. The quantitative estimate of drug-likeness (QED) is 0.0334. The molecule has 48 heavy (non-hydrogen) atoms. The number of aromatic nitrogens is 1. The number of aliphatic hydroxyl groups excluding tert-OH is 2. The molecule has 0 spiro atoms. The molecule has 0 saturated heterocycles. The van der Waals surface area contributed by atoms with E-state index in [0.29, 0.717) is 24.0 Å². The molecule has 10 heteroatoms. The minimum Gasteiger partial charge on any atom is -0.548 e. The van der Waals surface area contributed by atoms with Crippen LogP contribution in [0.3, 0.4) is 0 Å². The molecule has 0 aliphatic heterocycles. The Bertz CT molecular complexity index is 1830. The maximum atomic E-state index is 11.8. The zero-order chi connectivity index (χ0) is 35.0. The standard InChI is InChI=1S/C25H24NO5.C13H24O3.Ir/c1-24(2)6-7-25(3,4)16-11-18-13(9-15(16)24)12-5-8-26-19(23(12)31-18)14-10-17(27)21(29)22(30)20(14)28;1-5-9(6-2)11(14)13(16)12(15)10(7-3)8-4;/h5,8-9,11,27-30H,6-7H2,1-4H3;9-10,14,16H,5-8H2,1-4H3;/q-1;;/b;13-11+;. The number of furan rings is 1. The second-order valence-corrected chi connectivity index (χ2v) is 13.8. The fourth-order valence-corrected chi connectivity index (χ4v) is 6.54. The molecular weight excluding hydrogens is 791 g/mol. The van der Waals surface area contributed by atoms with E-state index in [1.807, 2.05) is 33.8 Å².